The van der Waals surface area contributed by atoms with E-state index < -0.39 is 15.9 Å². The quantitative estimate of drug-likeness (QED) is 0.573. The number of rotatable bonds is 3. The lowest BCUT2D eigenvalue weighted by molar-refractivity contribution is -0.127. The van der Waals surface area contributed by atoms with Crippen molar-refractivity contribution in [3.05, 3.63) is 0 Å². The number of hydrogen-bond acceptors (Lipinski definition) is 3. The molecular formula is C6H10BrNO4S. The molecule has 5 nitrogen and oxygen atoms in total. The molecule has 0 radical (unpaired) electrons. The Kier molecular flexibility index (Phi) is 3.31. The smallest absolute Gasteiger partial charge is 0.266 e. The molecule has 1 aliphatic rings. The fourth-order valence-electron chi connectivity index (χ4n) is 1.17. The van der Waals surface area contributed by atoms with E-state index in [1.165, 1.54) is 4.90 Å². The molecule has 0 aromatic carbocycles. The van der Waals surface area contributed by atoms with Gasteiger partial charge in [-0.3, -0.25) is 9.35 Å². The van der Waals surface area contributed by atoms with Crippen LogP contribution in [0.25, 0.3) is 0 Å². The molecular weight excluding hydrogens is 262 g/mol. The maximum Gasteiger partial charge on any atom is 0.266 e. The Hall–Kier alpha value is -0.140. The van der Waals surface area contributed by atoms with Gasteiger partial charge in [0.2, 0.25) is 5.91 Å². The lowest BCUT2D eigenvalue weighted by atomic mass is 10.4. The fourth-order valence-corrected chi connectivity index (χ4v) is 2.24. The molecule has 0 bridgehead atoms. The maximum atomic E-state index is 11.1. The summed E-state index contributed by atoms with van der Waals surface area (Å²) in [6.45, 7) is 0.578. The summed E-state index contributed by atoms with van der Waals surface area (Å²) in [6, 6.07) is 0. The summed E-state index contributed by atoms with van der Waals surface area (Å²) < 4.78 is 29.2. The molecule has 76 valence electrons. The topological polar surface area (TPSA) is 74.7 Å². The SMILES string of the molecule is O=C1CC(Br)CN1CCS(=O)(=O)O. The number of carbonyl (C=O) groups excluding carboxylic acids is 1. The van der Waals surface area contributed by atoms with Gasteiger partial charge >= 0.3 is 0 Å². The number of likely N-dealkylation sites (tertiary alicyclic amines) is 1. The second-order valence-corrected chi connectivity index (χ2v) is 5.79. The van der Waals surface area contributed by atoms with E-state index in [4.69, 9.17) is 4.55 Å². The van der Waals surface area contributed by atoms with Gasteiger partial charge in [0, 0.05) is 24.3 Å². The van der Waals surface area contributed by atoms with Gasteiger partial charge in [0.15, 0.2) is 0 Å². The van der Waals surface area contributed by atoms with Crippen molar-refractivity contribution in [3.63, 3.8) is 0 Å². The predicted octanol–water partition coefficient (Wildman–Crippen LogP) is -0.130. The van der Waals surface area contributed by atoms with Crippen LogP contribution in [0.3, 0.4) is 0 Å². The Labute approximate surface area is 85.0 Å². The third-order valence-corrected chi connectivity index (χ3v) is 3.10. The highest BCUT2D eigenvalue weighted by atomic mass is 79.9. The van der Waals surface area contributed by atoms with Crippen LogP contribution in [-0.4, -0.2) is 47.4 Å². The highest BCUT2D eigenvalue weighted by Crippen LogP contribution is 2.17. The first kappa shape index (κ1) is 10.9. The highest BCUT2D eigenvalue weighted by Gasteiger charge is 2.27. The van der Waals surface area contributed by atoms with Gasteiger partial charge < -0.3 is 4.90 Å². The molecule has 1 N–H and O–H groups in total. The third-order valence-electron chi connectivity index (χ3n) is 1.79. The minimum Gasteiger partial charge on any atom is -0.340 e. The second-order valence-electron chi connectivity index (χ2n) is 2.93. The number of carbonyl (C=O) groups is 1. The average Bonchev–Trinajstić information content (AvgIpc) is 2.24. The highest BCUT2D eigenvalue weighted by molar-refractivity contribution is 9.09. The predicted molar refractivity (Wildman–Crippen MR) is 50.3 cm³/mol. The molecule has 7 heteroatoms. The van der Waals surface area contributed by atoms with Crippen molar-refractivity contribution < 1.29 is 17.8 Å². The van der Waals surface area contributed by atoms with Gasteiger partial charge in [-0.05, 0) is 0 Å². The van der Waals surface area contributed by atoms with Crippen molar-refractivity contribution in [1.82, 2.24) is 4.90 Å². The van der Waals surface area contributed by atoms with Crippen LogP contribution in [0.15, 0.2) is 0 Å². The van der Waals surface area contributed by atoms with Crippen LogP contribution >= 0.6 is 15.9 Å². The molecule has 13 heavy (non-hydrogen) atoms. The van der Waals surface area contributed by atoms with Crippen LogP contribution in [0.2, 0.25) is 0 Å². The summed E-state index contributed by atoms with van der Waals surface area (Å²) in [7, 11) is -3.96. The zero-order valence-corrected chi connectivity index (χ0v) is 9.21. The Morgan fingerprint density at radius 2 is 2.23 bits per heavy atom. The first-order chi connectivity index (χ1) is 5.88. The van der Waals surface area contributed by atoms with E-state index in [9.17, 15) is 13.2 Å². The normalized spacial score (nSPS) is 24.0. The first-order valence-electron chi connectivity index (χ1n) is 3.75. The number of halogens is 1. The first-order valence-corrected chi connectivity index (χ1v) is 6.28. The zero-order chi connectivity index (χ0) is 10.1. The Bertz CT molecular complexity index is 302. The fraction of sp³-hybridized carbons (Fsp3) is 0.833. The van der Waals surface area contributed by atoms with Gasteiger partial charge in [0.05, 0.1) is 5.75 Å². The van der Waals surface area contributed by atoms with E-state index in [1.807, 2.05) is 0 Å². The molecule has 1 aliphatic heterocycles. The molecule has 0 saturated carbocycles. The van der Waals surface area contributed by atoms with Crippen molar-refractivity contribution >= 4 is 32.0 Å². The van der Waals surface area contributed by atoms with Crippen molar-refractivity contribution in [3.8, 4) is 0 Å². The van der Waals surface area contributed by atoms with E-state index >= 15 is 0 Å². The Balaban J connectivity index is 2.43. The summed E-state index contributed by atoms with van der Waals surface area (Å²) in [6.07, 6.45) is 0.394. The Morgan fingerprint density at radius 1 is 1.62 bits per heavy atom. The molecule has 1 fully saturated rings. The summed E-state index contributed by atoms with van der Waals surface area (Å²) in [4.78, 5) is 12.6. The molecule has 0 aliphatic carbocycles. The van der Waals surface area contributed by atoms with Gasteiger partial charge in [-0.15, -0.1) is 0 Å². The summed E-state index contributed by atoms with van der Waals surface area (Å²) in [5.74, 6) is -0.469. The monoisotopic (exact) mass is 271 g/mol. The zero-order valence-electron chi connectivity index (χ0n) is 6.81. The molecule has 1 atom stereocenters. The van der Waals surface area contributed by atoms with Gasteiger partial charge in [-0.25, -0.2) is 0 Å². The largest absolute Gasteiger partial charge is 0.340 e. The summed E-state index contributed by atoms with van der Waals surface area (Å²) in [5.41, 5.74) is 0. The Morgan fingerprint density at radius 3 is 2.62 bits per heavy atom. The van der Waals surface area contributed by atoms with Crippen molar-refractivity contribution in [2.75, 3.05) is 18.8 Å². The lowest BCUT2D eigenvalue weighted by Gasteiger charge is -2.13. The number of hydrogen-bond donors (Lipinski definition) is 1. The maximum absolute atomic E-state index is 11.1. The van der Waals surface area contributed by atoms with Crippen molar-refractivity contribution in [1.29, 1.82) is 0 Å². The second kappa shape index (κ2) is 3.93. The van der Waals surface area contributed by atoms with Crippen molar-refractivity contribution in [2.24, 2.45) is 0 Å². The minimum absolute atomic E-state index is 0.0692. The van der Waals surface area contributed by atoms with E-state index in [2.05, 4.69) is 15.9 Å². The summed E-state index contributed by atoms with van der Waals surface area (Å²) >= 11 is 3.27. The van der Waals surface area contributed by atoms with Crippen LogP contribution < -0.4 is 0 Å². The lowest BCUT2D eigenvalue weighted by Crippen LogP contribution is -2.30. The molecule has 0 aromatic heterocycles. The molecule has 1 unspecified atom stereocenters. The van der Waals surface area contributed by atoms with E-state index in [0.717, 1.165) is 0 Å². The van der Waals surface area contributed by atoms with Crippen molar-refractivity contribution in [2.45, 2.75) is 11.2 Å². The molecule has 0 spiro atoms. The number of amides is 1. The molecule has 1 heterocycles. The van der Waals surface area contributed by atoms with E-state index in [1.54, 1.807) is 0 Å². The summed E-state index contributed by atoms with van der Waals surface area (Å²) in [5, 5.41) is 0. The number of alkyl halides is 1. The van der Waals surface area contributed by atoms with Crippen LogP contribution in [0.5, 0.6) is 0 Å². The number of nitrogens with zero attached hydrogens (tertiary/aromatic N) is 1. The molecule has 1 amide bonds. The van der Waals surface area contributed by atoms with Crippen LogP contribution in [0, 0.1) is 0 Å². The van der Waals surface area contributed by atoms with Gasteiger partial charge in [-0.2, -0.15) is 8.42 Å². The van der Waals surface area contributed by atoms with Gasteiger partial charge in [0.25, 0.3) is 10.1 Å². The van der Waals surface area contributed by atoms with Gasteiger partial charge in [0.1, 0.15) is 0 Å². The third kappa shape index (κ3) is 3.61. The molecule has 1 saturated heterocycles. The van der Waals surface area contributed by atoms with Gasteiger partial charge in [-0.1, -0.05) is 15.9 Å². The molecule has 0 aromatic rings. The van der Waals surface area contributed by atoms with E-state index in [-0.39, 0.29) is 17.3 Å². The van der Waals surface area contributed by atoms with E-state index in [0.29, 0.717) is 13.0 Å². The molecule has 1 rings (SSSR count). The average molecular weight is 272 g/mol. The minimum atomic E-state index is -3.96. The van der Waals surface area contributed by atoms with Crippen LogP contribution in [-0.2, 0) is 14.9 Å². The van der Waals surface area contributed by atoms with Crippen LogP contribution in [0.1, 0.15) is 6.42 Å². The van der Waals surface area contributed by atoms with Crippen LogP contribution in [0.4, 0.5) is 0 Å². The standard InChI is InChI=1S/C6H10BrNO4S/c7-5-3-6(9)8(4-5)1-2-13(10,11)12/h5H,1-4H2,(H,10,11,12).